The molecule has 0 N–H and O–H groups in total. The number of nitrogens with zero attached hydrogens (tertiary/aromatic N) is 1. The first-order valence-electron chi connectivity index (χ1n) is 7.26. The van der Waals surface area contributed by atoms with Gasteiger partial charge in [0.15, 0.2) is 0 Å². The van der Waals surface area contributed by atoms with Crippen molar-refractivity contribution in [3.05, 3.63) is 76.0 Å². The predicted octanol–water partition coefficient (Wildman–Crippen LogP) is 4.89. The minimum Gasteiger partial charge on any atom is -0.422 e. The first-order valence-corrected chi connectivity index (χ1v) is 8.14. The van der Waals surface area contributed by atoms with Gasteiger partial charge in [-0.25, -0.2) is 9.78 Å². The molecule has 4 aromatic rings. The summed E-state index contributed by atoms with van der Waals surface area (Å²) in [7, 11) is 0. The Kier molecular flexibility index (Phi) is 3.32. The van der Waals surface area contributed by atoms with Gasteiger partial charge in [-0.05, 0) is 19.1 Å². The third-order valence-corrected chi connectivity index (χ3v) is 4.61. The van der Waals surface area contributed by atoms with Crippen LogP contribution in [-0.2, 0) is 0 Å². The van der Waals surface area contributed by atoms with Gasteiger partial charge in [0.2, 0.25) is 0 Å². The summed E-state index contributed by atoms with van der Waals surface area (Å²) in [5, 5.41) is 3.69. The van der Waals surface area contributed by atoms with Crippen molar-refractivity contribution < 1.29 is 4.42 Å². The Morgan fingerprint density at radius 2 is 1.83 bits per heavy atom. The zero-order valence-electron chi connectivity index (χ0n) is 12.4. The topological polar surface area (TPSA) is 43.1 Å². The molecule has 0 fully saturated rings. The molecule has 4 rings (SSSR count). The minimum atomic E-state index is -0.357. The average molecular weight is 319 g/mol. The van der Waals surface area contributed by atoms with Gasteiger partial charge in [0, 0.05) is 16.3 Å². The average Bonchev–Trinajstić information content (AvgIpc) is 3.04. The molecular formula is C19H13NO2S. The van der Waals surface area contributed by atoms with Gasteiger partial charge in [-0.1, -0.05) is 48.0 Å². The van der Waals surface area contributed by atoms with Crippen molar-refractivity contribution in [1.82, 2.24) is 4.98 Å². The van der Waals surface area contributed by atoms with E-state index in [0.29, 0.717) is 16.8 Å². The molecule has 0 unspecified atom stereocenters. The fourth-order valence-electron chi connectivity index (χ4n) is 2.47. The van der Waals surface area contributed by atoms with Crippen molar-refractivity contribution in [2.24, 2.45) is 0 Å². The number of thiazole rings is 1. The number of aromatic nitrogens is 1. The van der Waals surface area contributed by atoms with E-state index in [4.69, 9.17) is 4.42 Å². The first-order chi connectivity index (χ1) is 11.2. The SMILES string of the molecule is Cc1ccc(-c2nc(-c3cc4ccccc4oc3=O)cs2)cc1. The molecule has 0 aliphatic carbocycles. The van der Waals surface area contributed by atoms with Gasteiger partial charge < -0.3 is 4.42 Å². The van der Waals surface area contributed by atoms with E-state index in [9.17, 15) is 4.79 Å². The summed E-state index contributed by atoms with van der Waals surface area (Å²) in [4.78, 5) is 16.8. The standard InChI is InChI=1S/C19H13NO2S/c1-12-6-8-13(9-7-12)18-20-16(11-23-18)15-10-14-4-2-3-5-17(14)22-19(15)21/h2-11H,1H3. The maximum absolute atomic E-state index is 12.2. The molecule has 0 aliphatic rings. The summed E-state index contributed by atoms with van der Waals surface area (Å²) >= 11 is 1.53. The molecule has 2 heterocycles. The minimum absolute atomic E-state index is 0.357. The molecule has 0 amide bonds. The number of benzene rings is 2. The summed E-state index contributed by atoms with van der Waals surface area (Å²) in [5.41, 5.74) is 3.65. The quantitative estimate of drug-likeness (QED) is 0.494. The Labute approximate surface area is 136 Å². The Morgan fingerprint density at radius 1 is 1.04 bits per heavy atom. The van der Waals surface area contributed by atoms with Gasteiger partial charge in [-0.15, -0.1) is 11.3 Å². The normalized spacial score (nSPS) is 11.0. The van der Waals surface area contributed by atoms with Crippen LogP contribution in [0.5, 0.6) is 0 Å². The van der Waals surface area contributed by atoms with Gasteiger partial charge in [-0.2, -0.15) is 0 Å². The summed E-state index contributed by atoms with van der Waals surface area (Å²) < 4.78 is 5.39. The van der Waals surface area contributed by atoms with E-state index < -0.39 is 0 Å². The highest BCUT2D eigenvalue weighted by Crippen LogP contribution is 2.28. The van der Waals surface area contributed by atoms with Crippen molar-refractivity contribution in [1.29, 1.82) is 0 Å². The maximum Gasteiger partial charge on any atom is 0.345 e. The van der Waals surface area contributed by atoms with Crippen molar-refractivity contribution >= 4 is 22.3 Å². The lowest BCUT2D eigenvalue weighted by molar-refractivity contribution is 0.563. The van der Waals surface area contributed by atoms with Crippen LogP contribution in [0.25, 0.3) is 32.8 Å². The molecule has 2 aromatic heterocycles. The van der Waals surface area contributed by atoms with E-state index in [-0.39, 0.29) is 5.63 Å². The second-order valence-corrected chi connectivity index (χ2v) is 6.25. The molecule has 2 aromatic carbocycles. The molecule has 0 spiro atoms. The lowest BCUT2D eigenvalue weighted by Gasteiger charge is -1.99. The van der Waals surface area contributed by atoms with Crippen LogP contribution in [0.2, 0.25) is 0 Å². The van der Waals surface area contributed by atoms with Crippen LogP contribution in [0.3, 0.4) is 0 Å². The van der Waals surface area contributed by atoms with E-state index in [1.54, 1.807) is 6.07 Å². The van der Waals surface area contributed by atoms with Crippen LogP contribution >= 0.6 is 11.3 Å². The first kappa shape index (κ1) is 13.9. The fraction of sp³-hybridized carbons (Fsp3) is 0.0526. The molecule has 112 valence electrons. The van der Waals surface area contributed by atoms with Crippen molar-refractivity contribution in [3.63, 3.8) is 0 Å². The number of aryl methyl sites for hydroxylation is 1. The van der Waals surface area contributed by atoms with E-state index in [2.05, 4.69) is 24.0 Å². The van der Waals surface area contributed by atoms with Gasteiger partial charge in [0.1, 0.15) is 10.6 Å². The third-order valence-electron chi connectivity index (χ3n) is 3.72. The zero-order chi connectivity index (χ0) is 15.8. The van der Waals surface area contributed by atoms with Crippen LogP contribution in [0.15, 0.2) is 69.2 Å². The molecule has 4 heteroatoms. The Hall–Kier alpha value is -2.72. The van der Waals surface area contributed by atoms with Crippen molar-refractivity contribution in [2.45, 2.75) is 6.92 Å². The van der Waals surface area contributed by atoms with Crippen LogP contribution in [0, 0.1) is 6.92 Å². The number of hydrogen-bond acceptors (Lipinski definition) is 4. The Bertz CT molecular complexity index is 1040. The number of rotatable bonds is 2. The van der Waals surface area contributed by atoms with E-state index in [1.165, 1.54) is 16.9 Å². The Morgan fingerprint density at radius 3 is 2.65 bits per heavy atom. The van der Waals surface area contributed by atoms with Gasteiger partial charge in [0.25, 0.3) is 0 Å². The predicted molar refractivity (Wildman–Crippen MR) is 93.8 cm³/mol. The van der Waals surface area contributed by atoms with Crippen LogP contribution in [-0.4, -0.2) is 4.98 Å². The van der Waals surface area contributed by atoms with Crippen molar-refractivity contribution in [2.75, 3.05) is 0 Å². The Balaban J connectivity index is 1.81. The van der Waals surface area contributed by atoms with E-state index in [1.807, 2.05) is 41.8 Å². The van der Waals surface area contributed by atoms with Crippen LogP contribution in [0.1, 0.15) is 5.56 Å². The van der Waals surface area contributed by atoms with E-state index >= 15 is 0 Å². The molecule has 3 nitrogen and oxygen atoms in total. The molecule has 0 radical (unpaired) electrons. The molecule has 23 heavy (non-hydrogen) atoms. The summed E-state index contributed by atoms with van der Waals surface area (Å²) in [6, 6.07) is 17.5. The maximum atomic E-state index is 12.2. The lowest BCUT2D eigenvalue weighted by Crippen LogP contribution is -2.02. The molecule has 0 saturated carbocycles. The summed E-state index contributed by atoms with van der Waals surface area (Å²) in [5.74, 6) is 0. The highest BCUT2D eigenvalue weighted by molar-refractivity contribution is 7.13. The third kappa shape index (κ3) is 2.58. The lowest BCUT2D eigenvalue weighted by atomic mass is 10.1. The summed E-state index contributed by atoms with van der Waals surface area (Å²) in [6.45, 7) is 2.05. The molecule has 0 aliphatic heterocycles. The molecule has 0 atom stereocenters. The van der Waals surface area contributed by atoms with Crippen molar-refractivity contribution in [3.8, 4) is 21.8 Å². The number of hydrogen-bond donors (Lipinski definition) is 0. The fourth-order valence-corrected chi connectivity index (χ4v) is 3.29. The molecular weight excluding hydrogens is 306 g/mol. The molecule has 0 bridgehead atoms. The van der Waals surface area contributed by atoms with Crippen LogP contribution in [0.4, 0.5) is 0 Å². The summed E-state index contributed by atoms with van der Waals surface area (Å²) in [6.07, 6.45) is 0. The van der Waals surface area contributed by atoms with E-state index in [0.717, 1.165) is 16.0 Å². The number of fused-ring (bicyclic) bond motifs is 1. The highest BCUT2D eigenvalue weighted by atomic mass is 32.1. The van der Waals surface area contributed by atoms with Gasteiger partial charge >= 0.3 is 5.63 Å². The van der Waals surface area contributed by atoms with Crippen LogP contribution < -0.4 is 5.63 Å². The second kappa shape index (κ2) is 5.48. The smallest absolute Gasteiger partial charge is 0.345 e. The zero-order valence-corrected chi connectivity index (χ0v) is 13.3. The largest absolute Gasteiger partial charge is 0.422 e. The highest BCUT2D eigenvalue weighted by Gasteiger charge is 2.12. The molecule has 0 saturated heterocycles. The number of para-hydroxylation sites is 1. The monoisotopic (exact) mass is 319 g/mol. The second-order valence-electron chi connectivity index (χ2n) is 5.39. The van der Waals surface area contributed by atoms with Gasteiger partial charge in [-0.3, -0.25) is 0 Å². The van der Waals surface area contributed by atoms with Gasteiger partial charge in [0.05, 0.1) is 11.3 Å².